The number of carbonyl (C=O) groups is 1. The summed E-state index contributed by atoms with van der Waals surface area (Å²) in [6.45, 7) is 2.64. The fraction of sp³-hybridized carbons (Fsp3) is 0.450. The van der Waals surface area contributed by atoms with E-state index >= 15 is 0 Å². The minimum atomic E-state index is -0.184. The molecular formula is C20H23N3O3. The Morgan fingerprint density at radius 2 is 2.15 bits per heavy atom. The molecule has 4 rings (SSSR count). The largest absolute Gasteiger partial charge is 0.477 e. The molecule has 4 heterocycles. The van der Waals surface area contributed by atoms with Crippen molar-refractivity contribution in [3.63, 3.8) is 0 Å². The summed E-state index contributed by atoms with van der Waals surface area (Å²) in [5, 5.41) is 0. The first kappa shape index (κ1) is 17.0. The van der Waals surface area contributed by atoms with E-state index in [1.54, 1.807) is 30.7 Å². The Bertz CT molecular complexity index is 740. The maximum atomic E-state index is 12.9. The molecule has 26 heavy (non-hydrogen) atoms. The van der Waals surface area contributed by atoms with Crippen LogP contribution in [-0.4, -0.2) is 53.2 Å². The van der Waals surface area contributed by atoms with Crippen LogP contribution in [0, 0.1) is 5.41 Å². The number of likely N-dealkylation sites (tertiary alicyclic amines) is 1. The average molecular weight is 353 g/mol. The number of pyridine rings is 2. The van der Waals surface area contributed by atoms with Crippen LogP contribution >= 0.6 is 0 Å². The van der Waals surface area contributed by atoms with E-state index in [9.17, 15) is 4.79 Å². The quantitative estimate of drug-likeness (QED) is 0.845. The first-order valence-electron chi connectivity index (χ1n) is 9.12. The van der Waals surface area contributed by atoms with Gasteiger partial charge in [-0.1, -0.05) is 6.07 Å². The third-order valence-corrected chi connectivity index (χ3v) is 5.35. The molecule has 0 aromatic carbocycles. The van der Waals surface area contributed by atoms with Crippen molar-refractivity contribution in [3.05, 3.63) is 54.5 Å². The first-order chi connectivity index (χ1) is 12.8. The van der Waals surface area contributed by atoms with Gasteiger partial charge in [0, 0.05) is 55.3 Å². The van der Waals surface area contributed by atoms with Crippen LogP contribution in [0.5, 0.6) is 5.88 Å². The lowest BCUT2D eigenvalue weighted by molar-refractivity contribution is -0.133. The second kappa shape index (κ2) is 7.41. The summed E-state index contributed by atoms with van der Waals surface area (Å²) in [7, 11) is 0. The van der Waals surface area contributed by atoms with Crippen molar-refractivity contribution >= 4 is 5.91 Å². The molecule has 136 valence electrons. The van der Waals surface area contributed by atoms with Crippen molar-refractivity contribution in [2.75, 3.05) is 26.3 Å². The van der Waals surface area contributed by atoms with E-state index in [0.717, 1.165) is 25.9 Å². The third kappa shape index (κ3) is 3.42. The molecule has 0 N–H and O–H groups in total. The van der Waals surface area contributed by atoms with Crippen LogP contribution in [-0.2, 0) is 4.74 Å². The number of hydrogen-bond acceptors (Lipinski definition) is 5. The summed E-state index contributed by atoms with van der Waals surface area (Å²) in [6, 6.07) is 9.17. The lowest BCUT2D eigenvalue weighted by atomic mass is 9.73. The summed E-state index contributed by atoms with van der Waals surface area (Å²) in [6.07, 6.45) is 7.98. The van der Waals surface area contributed by atoms with E-state index < -0.39 is 0 Å². The van der Waals surface area contributed by atoms with Crippen molar-refractivity contribution in [3.8, 4) is 5.88 Å². The van der Waals surface area contributed by atoms with Crippen LogP contribution in [0.4, 0.5) is 0 Å². The lowest BCUT2D eigenvalue weighted by Gasteiger charge is -2.50. The highest BCUT2D eigenvalue weighted by molar-refractivity contribution is 5.94. The number of carbonyl (C=O) groups excluding carboxylic acids is 1. The van der Waals surface area contributed by atoms with Gasteiger partial charge in [0.1, 0.15) is 0 Å². The van der Waals surface area contributed by atoms with Crippen LogP contribution in [0.15, 0.2) is 48.9 Å². The minimum Gasteiger partial charge on any atom is -0.477 e. The lowest BCUT2D eigenvalue weighted by Crippen LogP contribution is -2.58. The molecule has 2 atom stereocenters. The fourth-order valence-electron chi connectivity index (χ4n) is 4.00. The van der Waals surface area contributed by atoms with Crippen molar-refractivity contribution in [1.82, 2.24) is 14.9 Å². The van der Waals surface area contributed by atoms with Gasteiger partial charge in [-0.25, -0.2) is 4.98 Å². The standard InChI is InChI=1S/C20H23N3O3/c24-19(16-5-10-21-11-6-16)23-12-7-17-20(14-23,8-3-13-25-17)15-26-18-4-1-2-9-22-18/h1-2,4-6,9-11,17H,3,7-8,12-15H2/t17-,20+/m0/s1. The molecule has 2 aromatic heterocycles. The van der Waals surface area contributed by atoms with E-state index in [-0.39, 0.29) is 17.4 Å². The zero-order valence-corrected chi connectivity index (χ0v) is 14.7. The summed E-state index contributed by atoms with van der Waals surface area (Å²) in [4.78, 5) is 23.1. The number of hydrogen-bond donors (Lipinski definition) is 0. The van der Waals surface area contributed by atoms with Gasteiger partial charge >= 0.3 is 0 Å². The van der Waals surface area contributed by atoms with Gasteiger partial charge in [-0.15, -0.1) is 0 Å². The van der Waals surface area contributed by atoms with E-state index in [2.05, 4.69) is 9.97 Å². The molecule has 1 amide bonds. The Kier molecular flexibility index (Phi) is 4.84. The highest BCUT2D eigenvalue weighted by Crippen LogP contribution is 2.40. The molecule has 2 aliphatic heterocycles. The fourth-order valence-corrected chi connectivity index (χ4v) is 4.00. The minimum absolute atomic E-state index is 0.0497. The number of nitrogens with zero attached hydrogens (tertiary/aromatic N) is 3. The number of rotatable bonds is 4. The number of ether oxygens (including phenoxy) is 2. The molecule has 6 heteroatoms. The van der Waals surface area contributed by atoms with E-state index in [0.29, 0.717) is 31.1 Å². The molecule has 2 aliphatic rings. The van der Waals surface area contributed by atoms with Crippen LogP contribution in [0.25, 0.3) is 0 Å². The van der Waals surface area contributed by atoms with Crippen molar-refractivity contribution in [1.29, 1.82) is 0 Å². The molecular weight excluding hydrogens is 330 g/mol. The Morgan fingerprint density at radius 3 is 2.96 bits per heavy atom. The zero-order valence-electron chi connectivity index (χ0n) is 14.7. The maximum absolute atomic E-state index is 12.9. The summed E-state index contributed by atoms with van der Waals surface area (Å²) in [5.74, 6) is 0.664. The number of aromatic nitrogens is 2. The molecule has 0 spiro atoms. The van der Waals surface area contributed by atoms with E-state index in [1.807, 2.05) is 23.1 Å². The third-order valence-electron chi connectivity index (χ3n) is 5.35. The van der Waals surface area contributed by atoms with Crippen molar-refractivity contribution in [2.45, 2.75) is 25.4 Å². The average Bonchev–Trinajstić information content (AvgIpc) is 2.73. The molecule has 2 fully saturated rings. The predicted octanol–water partition coefficient (Wildman–Crippen LogP) is 2.57. The Labute approximate surface area is 153 Å². The Morgan fingerprint density at radius 1 is 1.27 bits per heavy atom. The van der Waals surface area contributed by atoms with Gasteiger partial charge < -0.3 is 14.4 Å². The molecule has 0 aliphatic carbocycles. The Hall–Kier alpha value is -2.47. The molecule has 0 bridgehead atoms. The molecule has 0 saturated carbocycles. The maximum Gasteiger partial charge on any atom is 0.253 e. The smallest absolute Gasteiger partial charge is 0.253 e. The summed E-state index contributed by atoms with van der Waals surface area (Å²) in [5.41, 5.74) is 0.493. The van der Waals surface area contributed by atoms with E-state index in [4.69, 9.17) is 9.47 Å². The van der Waals surface area contributed by atoms with Gasteiger partial charge in [-0.05, 0) is 37.5 Å². The van der Waals surface area contributed by atoms with Crippen LogP contribution in [0.2, 0.25) is 0 Å². The summed E-state index contributed by atoms with van der Waals surface area (Å²) < 4.78 is 12.1. The number of amides is 1. The first-order valence-corrected chi connectivity index (χ1v) is 9.12. The van der Waals surface area contributed by atoms with Gasteiger partial charge in [0.05, 0.1) is 12.7 Å². The molecule has 0 radical (unpaired) electrons. The van der Waals surface area contributed by atoms with Gasteiger partial charge in [0.25, 0.3) is 5.91 Å². The number of piperidine rings is 1. The van der Waals surface area contributed by atoms with Gasteiger partial charge in [0.15, 0.2) is 0 Å². The second-order valence-corrected chi connectivity index (χ2v) is 7.03. The summed E-state index contributed by atoms with van der Waals surface area (Å²) >= 11 is 0. The van der Waals surface area contributed by atoms with Gasteiger partial charge in [-0.3, -0.25) is 9.78 Å². The molecule has 2 saturated heterocycles. The van der Waals surface area contributed by atoms with Gasteiger partial charge in [-0.2, -0.15) is 0 Å². The highest BCUT2D eigenvalue weighted by Gasteiger charge is 2.47. The number of fused-ring (bicyclic) bond motifs is 1. The molecule has 2 aromatic rings. The zero-order chi connectivity index (χ0) is 17.8. The predicted molar refractivity (Wildman–Crippen MR) is 95.9 cm³/mol. The van der Waals surface area contributed by atoms with Crippen LogP contribution in [0.3, 0.4) is 0 Å². The topological polar surface area (TPSA) is 64.6 Å². The van der Waals surface area contributed by atoms with Crippen LogP contribution < -0.4 is 4.74 Å². The SMILES string of the molecule is O=C(c1ccncc1)N1CC[C@@H]2OCCC[C@]2(COc2ccccn2)C1. The van der Waals surface area contributed by atoms with Crippen LogP contribution in [0.1, 0.15) is 29.6 Å². The van der Waals surface area contributed by atoms with E-state index in [1.165, 1.54) is 0 Å². The van der Waals surface area contributed by atoms with Gasteiger partial charge in [0.2, 0.25) is 5.88 Å². The molecule has 0 unspecified atom stereocenters. The second-order valence-electron chi connectivity index (χ2n) is 7.03. The Balaban J connectivity index is 1.52. The normalized spacial score (nSPS) is 25.4. The highest BCUT2D eigenvalue weighted by atomic mass is 16.5. The monoisotopic (exact) mass is 353 g/mol. The molecule has 6 nitrogen and oxygen atoms in total. The van der Waals surface area contributed by atoms with Crippen molar-refractivity contribution < 1.29 is 14.3 Å². The van der Waals surface area contributed by atoms with Crippen molar-refractivity contribution in [2.24, 2.45) is 5.41 Å².